The number of hydrogen-bond donors (Lipinski definition) is 1. The predicted octanol–water partition coefficient (Wildman–Crippen LogP) is 3.10. The molecule has 0 aromatic heterocycles. The number of aryl methyl sites for hydroxylation is 1. The number of alkyl halides is 2. The van der Waals surface area contributed by atoms with Gasteiger partial charge in [-0.1, -0.05) is 15.9 Å². The van der Waals surface area contributed by atoms with E-state index in [0.717, 1.165) is 0 Å². The van der Waals surface area contributed by atoms with Crippen molar-refractivity contribution >= 4 is 21.9 Å². The highest BCUT2D eigenvalue weighted by atomic mass is 79.9. The lowest BCUT2D eigenvalue weighted by molar-refractivity contribution is 0.0663. The first kappa shape index (κ1) is 12.9. The summed E-state index contributed by atoms with van der Waals surface area (Å²) in [5, 5.41) is 8.89. The van der Waals surface area contributed by atoms with Crippen molar-refractivity contribution in [3.63, 3.8) is 0 Å². The third kappa shape index (κ3) is 3.16. The first-order valence-corrected chi connectivity index (χ1v) is 5.15. The molecule has 0 heterocycles. The van der Waals surface area contributed by atoms with Gasteiger partial charge in [0.15, 0.2) is 0 Å². The minimum absolute atomic E-state index is 0.0176. The van der Waals surface area contributed by atoms with Gasteiger partial charge in [-0.3, -0.25) is 0 Å². The van der Waals surface area contributed by atoms with E-state index in [1.165, 1.54) is 6.07 Å². The lowest BCUT2D eigenvalue weighted by Crippen LogP contribution is -2.11. The zero-order valence-corrected chi connectivity index (χ0v) is 9.92. The highest BCUT2D eigenvalue weighted by molar-refractivity contribution is 9.10. The monoisotopic (exact) mass is 294 g/mol. The Morgan fingerprint density at radius 3 is 2.69 bits per heavy atom. The summed E-state index contributed by atoms with van der Waals surface area (Å²) >= 11 is 3.13. The Kier molecular flexibility index (Phi) is 4.23. The van der Waals surface area contributed by atoms with E-state index in [9.17, 15) is 13.6 Å². The summed E-state index contributed by atoms with van der Waals surface area (Å²) < 4.78 is 29.3. The second-order valence-electron chi connectivity index (χ2n) is 3.11. The number of benzene rings is 1. The van der Waals surface area contributed by atoms with Crippen LogP contribution in [0.1, 0.15) is 15.9 Å². The van der Waals surface area contributed by atoms with Crippen molar-refractivity contribution in [1.29, 1.82) is 0 Å². The largest absolute Gasteiger partial charge is 0.486 e. The van der Waals surface area contributed by atoms with Crippen molar-refractivity contribution in [3.05, 3.63) is 27.7 Å². The van der Waals surface area contributed by atoms with Crippen molar-refractivity contribution < 1.29 is 23.4 Å². The molecule has 0 aliphatic carbocycles. The van der Waals surface area contributed by atoms with Crippen LogP contribution in [-0.2, 0) is 0 Å². The van der Waals surface area contributed by atoms with E-state index in [0.29, 0.717) is 10.0 Å². The number of halogens is 3. The third-order valence-electron chi connectivity index (χ3n) is 1.82. The minimum atomic E-state index is -2.63. The molecule has 0 spiro atoms. The van der Waals surface area contributed by atoms with E-state index in [2.05, 4.69) is 15.9 Å². The molecule has 0 amide bonds. The molecule has 0 aliphatic heterocycles. The van der Waals surface area contributed by atoms with Gasteiger partial charge in [-0.2, -0.15) is 0 Å². The summed E-state index contributed by atoms with van der Waals surface area (Å²) in [6.45, 7) is 0.779. The molecule has 88 valence electrons. The average molecular weight is 295 g/mol. The number of rotatable bonds is 4. The van der Waals surface area contributed by atoms with Crippen LogP contribution >= 0.6 is 15.9 Å². The standard InChI is InChI=1S/C10H9BrF2O3/c1-5-2-6(11)3-7(10(14)15)9(5)16-4-8(12)13/h2-3,8H,4H2,1H3,(H,14,15). The van der Waals surface area contributed by atoms with Gasteiger partial charge in [-0.25, -0.2) is 13.6 Å². The van der Waals surface area contributed by atoms with Crippen molar-refractivity contribution in [2.75, 3.05) is 6.61 Å². The Balaban J connectivity index is 3.09. The lowest BCUT2D eigenvalue weighted by atomic mass is 10.1. The highest BCUT2D eigenvalue weighted by Gasteiger charge is 2.16. The van der Waals surface area contributed by atoms with Crippen LogP contribution in [0.3, 0.4) is 0 Å². The zero-order chi connectivity index (χ0) is 12.3. The Morgan fingerprint density at radius 1 is 1.56 bits per heavy atom. The van der Waals surface area contributed by atoms with Gasteiger partial charge in [0.05, 0.1) is 0 Å². The normalized spacial score (nSPS) is 10.6. The molecule has 1 aromatic rings. The SMILES string of the molecule is Cc1cc(Br)cc(C(=O)O)c1OCC(F)F. The van der Waals surface area contributed by atoms with E-state index >= 15 is 0 Å². The van der Waals surface area contributed by atoms with Gasteiger partial charge in [0.1, 0.15) is 17.9 Å². The molecule has 0 fully saturated rings. The van der Waals surface area contributed by atoms with Gasteiger partial charge < -0.3 is 9.84 Å². The Hall–Kier alpha value is -1.17. The highest BCUT2D eigenvalue weighted by Crippen LogP contribution is 2.28. The molecular formula is C10H9BrF2O3. The minimum Gasteiger partial charge on any atom is -0.486 e. The third-order valence-corrected chi connectivity index (χ3v) is 2.28. The first-order chi connectivity index (χ1) is 7.41. The fourth-order valence-corrected chi connectivity index (χ4v) is 1.80. The van der Waals surface area contributed by atoms with Crippen molar-refractivity contribution in [1.82, 2.24) is 0 Å². The van der Waals surface area contributed by atoms with Crippen molar-refractivity contribution in [2.45, 2.75) is 13.3 Å². The number of carbonyl (C=O) groups is 1. The maximum Gasteiger partial charge on any atom is 0.339 e. The smallest absolute Gasteiger partial charge is 0.339 e. The molecule has 1 rings (SSSR count). The molecule has 1 N–H and O–H groups in total. The zero-order valence-electron chi connectivity index (χ0n) is 8.34. The van der Waals surface area contributed by atoms with Crippen LogP contribution in [0.4, 0.5) is 8.78 Å². The number of hydrogen-bond acceptors (Lipinski definition) is 2. The van der Waals surface area contributed by atoms with Gasteiger partial charge in [0, 0.05) is 4.47 Å². The lowest BCUT2D eigenvalue weighted by Gasteiger charge is -2.12. The van der Waals surface area contributed by atoms with Crippen LogP contribution in [-0.4, -0.2) is 24.1 Å². The number of carboxylic acid groups (broad SMARTS) is 1. The summed E-state index contributed by atoms with van der Waals surface area (Å²) in [5.41, 5.74) is 0.361. The molecule has 3 nitrogen and oxygen atoms in total. The van der Waals surface area contributed by atoms with Crippen LogP contribution in [0, 0.1) is 6.92 Å². The molecule has 0 saturated heterocycles. The Bertz CT molecular complexity index is 407. The van der Waals surface area contributed by atoms with Crippen molar-refractivity contribution in [2.24, 2.45) is 0 Å². The Labute approximate surface area is 99.2 Å². The topological polar surface area (TPSA) is 46.5 Å². The van der Waals surface area contributed by atoms with E-state index in [1.54, 1.807) is 13.0 Å². The van der Waals surface area contributed by atoms with Crippen LogP contribution in [0.5, 0.6) is 5.75 Å². The van der Waals surface area contributed by atoms with Crippen LogP contribution in [0.25, 0.3) is 0 Å². The molecule has 0 radical (unpaired) electrons. The second-order valence-corrected chi connectivity index (χ2v) is 4.02. The molecule has 0 aliphatic rings. The van der Waals surface area contributed by atoms with Gasteiger partial charge in [-0.05, 0) is 24.6 Å². The number of aromatic carboxylic acids is 1. The maximum absolute atomic E-state index is 12.0. The fraction of sp³-hybridized carbons (Fsp3) is 0.300. The van der Waals surface area contributed by atoms with Crippen LogP contribution < -0.4 is 4.74 Å². The van der Waals surface area contributed by atoms with Crippen molar-refractivity contribution in [3.8, 4) is 5.75 Å². The predicted molar refractivity (Wildman–Crippen MR) is 57.3 cm³/mol. The first-order valence-electron chi connectivity index (χ1n) is 4.36. The number of ether oxygens (including phenoxy) is 1. The molecule has 16 heavy (non-hydrogen) atoms. The summed E-state index contributed by atoms with van der Waals surface area (Å²) in [7, 11) is 0. The van der Waals surface area contributed by atoms with Gasteiger partial charge in [0.2, 0.25) is 0 Å². The molecule has 0 saturated carbocycles. The summed E-state index contributed by atoms with van der Waals surface area (Å²) in [6.07, 6.45) is -2.63. The molecule has 0 unspecified atom stereocenters. The fourth-order valence-electron chi connectivity index (χ4n) is 1.23. The maximum atomic E-state index is 12.0. The van der Waals surface area contributed by atoms with E-state index < -0.39 is 19.0 Å². The van der Waals surface area contributed by atoms with Gasteiger partial charge >= 0.3 is 5.97 Å². The van der Waals surface area contributed by atoms with E-state index in [-0.39, 0.29) is 11.3 Å². The number of carboxylic acids is 1. The molecule has 6 heteroatoms. The summed E-state index contributed by atoms with van der Waals surface area (Å²) in [5.74, 6) is -1.23. The molecular weight excluding hydrogens is 286 g/mol. The second kappa shape index (κ2) is 5.25. The van der Waals surface area contributed by atoms with Crippen LogP contribution in [0.15, 0.2) is 16.6 Å². The van der Waals surface area contributed by atoms with Crippen LogP contribution in [0.2, 0.25) is 0 Å². The summed E-state index contributed by atoms with van der Waals surface area (Å²) in [4.78, 5) is 10.9. The van der Waals surface area contributed by atoms with E-state index in [1.807, 2.05) is 0 Å². The molecule has 0 bridgehead atoms. The molecule has 1 aromatic carbocycles. The Morgan fingerprint density at radius 2 is 2.19 bits per heavy atom. The molecule has 0 atom stereocenters. The summed E-state index contributed by atoms with van der Waals surface area (Å²) in [6, 6.07) is 2.92. The quantitative estimate of drug-likeness (QED) is 0.928. The van der Waals surface area contributed by atoms with E-state index in [4.69, 9.17) is 9.84 Å². The van der Waals surface area contributed by atoms with Gasteiger partial charge in [0.25, 0.3) is 6.43 Å². The average Bonchev–Trinajstić information content (AvgIpc) is 2.14. The van der Waals surface area contributed by atoms with Gasteiger partial charge in [-0.15, -0.1) is 0 Å².